The molecule has 0 spiro atoms. The fourth-order valence-electron chi connectivity index (χ4n) is 5.50. The lowest BCUT2D eigenvalue weighted by molar-refractivity contribution is -0.281. The van der Waals surface area contributed by atoms with Crippen molar-refractivity contribution in [1.29, 1.82) is 0 Å². The van der Waals surface area contributed by atoms with Crippen LogP contribution < -0.4 is 0 Å². The van der Waals surface area contributed by atoms with Gasteiger partial charge in [-0.25, -0.2) is 0 Å². The SMILES string of the molecule is CCCCC12CC3(O)CC(O)(CC(O)(C3)C1)C2. The van der Waals surface area contributed by atoms with Gasteiger partial charge >= 0.3 is 0 Å². The Morgan fingerprint density at radius 3 is 1.53 bits per heavy atom. The van der Waals surface area contributed by atoms with Gasteiger partial charge in [0.05, 0.1) is 16.8 Å². The van der Waals surface area contributed by atoms with Crippen molar-refractivity contribution < 1.29 is 15.3 Å². The molecule has 0 atom stereocenters. The Morgan fingerprint density at radius 2 is 1.18 bits per heavy atom. The second kappa shape index (κ2) is 3.25. The highest BCUT2D eigenvalue weighted by Gasteiger charge is 2.67. The van der Waals surface area contributed by atoms with Gasteiger partial charge in [0.15, 0.2) is 0 Å². The van der Waals surface area contributed by atoms with Crippen LogP contribution in [0.3, 0.4) is 0 Å². The van der Waals surface area contributed by atoms with E-state index in [0.29, 0.717) is 19.3 Å². The topological polar surface area (TPSA) is 60.7 Å². The largest absolute Gasteiger partial charge is 0.390 e. The molecule has 98 valence electrons. The van der Waals surface area contributed by atoms with Crippen LogP contribution in [0.4, 0.5) is 0 Å². The number of unbranched alkanes of at least 4 members (excludes halogenated alkanes) is 1. The molecule has 4 aliphatic rings. The van der Waals surface area contributed by atoms with Crippen molar-refractivity contribution in [2.45, 2.75) is 81.5 Å². The Bertz CT molecular complexity index is 285. The molecule has 0 heterocycles. The first-order chi connectivity index (χ1) is 7.80. The minimum absolute atomic E-state index is 0.0109. The molecule has 17 heavy (non-hydrogen) atoms. The van der Waals surface area contributed by atoms with Crippen molar-refractivity contribution in [2.24, 2.45) is 5.41 Å². The van der Waals surface area contributed by atoms with Crippen molar-refractivity contribution >= 4 is 0 Å². The summed E-state index contributed by atoms with van der Waals surface area (Å²) in [5.74, 6) is 0. The zero-order chi connectivity index (χ0) is 12.4. The van der Waals surface area contributed by atoms with Crippen molar-refractivity contribution in [3.63, 3.8) is 0 Å². The molecule has 0 aromatic heterocycles. The standard InChI is InChI=1S/C14H24O3/c1-2-3-4-11-5-12(15)8-13(16,6-11)10-14(17,7-11)9-12/h15-17H,2-10H2,1H3. The zero-order valence-electron chi connectivity index (χ0n) is 10.7. The molecule has 0 radical (unpaired) electrons. The maximum absolute atomic E-state index is 10.6. The van der Waals surface area contributed by atoms with Gasteiger partial charge in [0.1, 0.15) is 0 Å². The molecule has 0 amide bonds. The van der Waals surface area contributed by atoms with E-state index < -0.39 is 16.8 Å². The molecule has 4 saturated carbocycles. The van der Waals surface area contributed by atoms with E-state index in [1.54, 1.807) is 0 Å². The summed E-state index contributed by atoms with van der Waals surface area (Å²) in [6.45, 7) is 2.17. The lowest BCUT2D eigenvalue weighted by Gasteiger charge is -2.66. The highest BCUT2D eigenvalue weighted by molar-refractivity contribution is 5.19. The Kier molecular flexibility index (Phi) is 2.28. The van der Waals surface area contributed by atoms with E-state index in [1.165, 1.54) is 0 Å². The number of hydrogen-bond donors (Lipinski definition) is 3. The van der Waals surface area contributed by atoms with Crippen molar-refractivity contribution in [3.8, 4) is 0 Å². The molecule has 4 fully saturated rings. The molecule has 4 rings (SSSR count). The van der Waals surface area contributed by atoms with E-state index in [-0.39, 0.29) is 5.41 Å². The molecule has 3 heteroatoms. The third-order valence-electron chi connectivity index (χ3n) is 5.15. The second-order valence-corrected chi connectivity index (χ2v) is 7.34. The van der Waals surface area contributed by atoms with Gasteiger partial charge in [-0.3, -0.25) is 0 Å². The van der Waals surface area contributed by atoms with Crippen LogP contribution in [-0.4, -0.2) is 32.1 Å². The van der Waals surface area contributed by atoms with E-state index in [1.807, 2.05) is 0 Å². The summed E-state index contributed by atoms with van der Waals surface area (Å²) in [7, 11) is 0. The molecule has 0 aromatic rings. The molecule has 0 aromatic carbocycles. The van der Waals surface area contributed by atoms with E-state index in [4.69, 9.17) is 0 Å². The van der Waals surface area contributed by atoms with Gasteiger partial charge in [0, 0.05) is 19.3 Å². The van der Waals surface area contributed by atoms with E-state index in [0.717, 1.165) is 38.5 Å². The summed E-state index contributed by atoms with van der Waals surface area (Å²) in [6, 6.07) is 0. The average Bonchev–Trinajstić information content (AvgIpc) is 2.06. The molecular weight excluding hydrogens is 216 g/mol. The average molecular weight is 240 g/mol. The molecule has 0 saturated heterocycles. The summed E-state index contributed by atoms with van der Waals surface area (Å²) < 4.78 is 0. The predicted molar refractivity (Wildman–Crippen MR) is 64.5 cm³/mol. The number of aliphatic hydroxyl groups is 3. The van der Waals surface area contributed by atoms with Gasteiger partial charge in [-0.1, -0.05) is 19.8 Å². The van der Waals surface area contributed by atoms with E-state index in [2.05, 4.69) is 6.92 Å². The van der Waals surface area contributed by atoms with Crippen LogP contribution in [0.15, 0.2) is 0 Å². The molecular formula is C14H24O3. The Morgan fingerprint density at radius 1 is 0.765 bits per heavy atom. The van der Waals surface area contributed by atoms with E-state index >= 15 is 0 Å². The van der Waals surface area contributed by atoms with Crippen molar-refractivity contribution in [2.75, 3.05) is 0 Å². The van der Waals surface area contributed by atoms with Gasteiger partial charge < -0.3 is 15.3 Å². The first-order valence-corrected chi connectivity index (χ1v) is 6.97. The lowest BCUT2D eigenvalue weighted by Crippen LogP contribution is -2.69. The van der Waals surface area contributed by atoms with Crippen LogP contribution in [0.25, 0.3) is 0 Å². The van der Waals surface area contributed by atoms with Gasteiger partial charge in [-0.2, -0.15) is 0 Å². The Hall–Kier alpha value is -0.120. The van der Waals surface area contributed by atoms with Crippen LogP contribution in [0.1, 0.15) is 64.7 Å². The maximum Gasteiger partial charge on any atom is 0.0707 e. The van der Waals surface area contributed by atoms with Gasteiger partial charge in [-0.15, -0.1) is 0 Å². The fourth-order valence-corrected chi connectivity index (χ4v) is 5.50. The maximum atomic E-state index is 10.6. The van der Waals surface area contributed by atoms with Crippen molar-refractivity contribution in [3.05, 3.63) is 0 Å². The number of hydrogen-bond acceptors (Lipinski definition) is 3. The first-order valence-electron chi connectivity index (χ1n) is 6.97. The fraction of sp³-hybridized carbons (Fsp3) is 1.00. The number of rotatable bonds is 3. The van der Waals surface area contributed by atoms with Gasteiger partial charge in [-0.05, 0) is 31.1 Å². The van der Waals surface area contributed by atoms with Crippen LogP contribution in [0.2, 0.25) is 0 Å². The molecule has 4 aliphatic carbocycles. The summed E-state index contributed by atoms with van der Waals surface area (Å²) in [4.78, 5) is 0. The van der Waals surface area contributed by atoms with Crippen molar-refractivity contribution in [1.82, 2.24) is 0 Å². The molecule has 4 bridgehead atoms. The van der Waals surface area contributed by atoms with Crippen LogP contribution >= 0.6 is 0 Å². The Labute approximate surface area is 103 Å². The van der Waals surface area contributed by atoms with E-state index in [9.17, 15) is 15.3 Å². The normalized spacial score (nSPS) is 56.5. The molecule has 3 N–H and O–H groups in total. The first kappa shape index (κ1) is 11.9. The third-order valence-corrected chi connectivity index (χ3v) is 5.15. The summed E-state index contributed by atoms with van der Waals surface area (Å²) in [6.07, 6.45) is 7.05. The third kappa shape index (κ3) is 1.83. The second-order valence-electron chi connectivity index (χ2n) is 7.34. The minimum atomic E-state index is -0.814. The predicted octanol–water partition coefficient (Wildman–Crippen LogP) is 1.74. The molecule has 0 unspecified atom stereocenters. The summed E-state index contributed by atoms with van der Waals surface area (Å²) >= 11 is 0. The highest BCUT2D eigenvalue weighted by Crippen LogP contribution is 2.65. The smallest absolute Gasteiger partial charge is 0.0707 e. The summed E-state index contributed by atoms with van der Waals surface area (Å²) in [5.41, 5.74) is -2.45. The monoisotopic (exact) mass is 240 g/mol. The lowest BCUT2D eigenvalue weighted by atomic mass is 9.44. The van der Waals surface area contributed by atoms with Crippen LogP contribution in [0.5, 0.6) is 0 Å². The minimum Gasteiger partial charge on any atom is -0.390 e. The van der Waals surface area contributed by atoms with Crippen LogP contribution in [-0.2, 0) is 0 Å². The quantitative estimate of drug-likeness (QED) is 0.704. The summed E-state index contributed by atoms with van der Waals surface area (Å²) in [5, 5.41) is 31.7. The van der Waals surface area contributed by atoms with Crippen LogP contribution in [0, 0.1) is 5.41 Å². The zero-order valence-corrected chi connectivity index (χ0v) is 10.7. The van der Waals surface area contributed by atoms with Gasteiger partial charge in [0.2, 0.25) is 0 Å². The Balaban J connectivity index is 1.93. The molecule has 0 aliphatic heterocycles. The highest BCUT2D eigenvalue weighted by atomic mass is 16.3. The molecule has 3 nitrogen and oxygen atoms in total. The van der Waals surface area contributed by atoms with Gasteiger partial charge in [0.25, 0.3) is 0 Å².